The average Bonchev–Trinajstić information content (AvgIpc) is 2.66. The quantitative estimate of drug-likeness (QED) is 0.823. The predicted octanol–water partition coefficient (Wildman–Crippen LogP) is 3.27. The minimum Gasteiger partial charge on any atom is -0.330 e. The van der Waals surface area contributed by atoms with Gasteiger partial charge >= 0.3 is 0 Å². The third-order valence-electron chi connectivity index (χ3n) is 4.05. The molecule has 1 aromatic carbocycles. The molecule has 1 nitrogen and oxygen atoms in total. The van der Waals surface area contributed by atoms with Gasteiger partial charge in [-0.05, 0) is 36.3 Å². The number of hydrogen-bond donors (Lipinski definition) is 1. The molecule has 0 fully saturated rings. The minimum atomic E-state index is 0.279. The van der Waals surface area contributed by atoms with Crippen LogP contribution in [0.4, 0.5) is 0 Å². The molecule has 0 heterocycles. The fourth-order valence-electron chi connectivity index (χ4n) is 2.90. The van der Waals surface area contributed by atoms with Crippen LogP contribution in [0.25, 0.3) is 0 Å². The maximum absolute atomic E-state index is 6.07. The molecule has 88 valence electrons. The van der Waals surface area contributed by atoms with Crippen LogP contribution in [0.15, 0.2) is 24.3 Å². The molecular weight excluding hydrogens is 194 g/mol. The van der Waals surface area contributed by atoms with E-state index >= 15 is 0 Å². The number of benzene rings is 1. The van der Waals surface area contributed by atoms with Crippen LogP contribution >= 0.6 is 0 Å². The highest BCUT2D eigenvalue weighted by molar-refractivity contribution is 5.39. The topological polar surface area (TPSA) is 26.0 Å². The van der Waals surface area contributed by atoms with Gasteiger partial charge in [0.1, 0.15) is 0 Å². The fourth-order valence-corrected chi connectivity index (χ4v) is 2.90. The summed E-state index contributed by atoms with van der Waals surface area (Å²) in [5, 5.41) is 0. The molecule has 0 radical (unpaired) electrons. The zero-order valence-corrected chi connectivity index (χ0v) is 10.5. The number of nitrogens with two attached hydrogens (primary N) is 1. The number of aryl methyl sites for hydroxylation is 1. The van der Waals surface area contributed by atoms with Crippen molar-refractivity contribution < 1.29 is 0 Å². The summed E-state index contributed by atoms with van der Waals surface area (Å²) < 4.78 is 0. The Morgan fingerprint density at radius 1 is 1.31 bits per heavy atom. The number of rotatable bonds is 4. The van der Waals surface area contributed by atoms with Crippen LogP contribution in [0.1, 0.15) is 44.2 Å². The molecule has 2 rings (SSSR count). The number of fused-ring (bicyclic) bond motifs is 1. The van der Waals surface area contributed by atoms with Gasteiger partial charge in [0.2, 0.25) is 0 Å². The second kappa shape index (κ2) is 4.58. The fraction of sp³-hybridized carbons (Fsp3) is 0.600. The average molecular weight is 217 g/mol. The predicted molar refractivity (Wildman–Crippen MR) is 69.6 cm³/mol. The lowest BCUT2D eigenvalue weighted by Crippen LogP contribution is -2.33. The summed E-state index contributed by atoms with van der Waals surface area (Å²) in [6, 6.07) is 8.86. The van der Waals surface area contributed by atoms with E-state index in [9.17, 15) is 0 Å². The van der Waals surface area contributed by atoms with Gasteiger partial charge in [0, 0.05) is 12.0 Å². The zero-order valence-electron chi connectivity index (χ0n) is 10.5. The van der Waals surface area contributed by atoms with E-state index in [0.29, 0.717) is 0 Å². The van der Waals surface area contributed by atoms with E-state index in [1.54, 1.807) is 0 Å². The molecule has 0 bridgehead atoms. The first kappa shape index (κ1) is 11.7. The van der Waals surface area contributed by atoms with Crippen molar-refractivity contribution in [1.82, 2.24) is 0 Å². The molecule has 0 amide bonds. The van der Waals surface area contributed by atoms with Crippen LogP contribution in [0.3, 0.4) is 0 Å². The molecule has 0 spiro atoms. The van der Waals surface area contributed by atoms with E-state index in [2.05, 4.69) is 38.1 Å². The molecule has 0 aliphatic heterocycles. The zero-order chi connectivity index (χ0) is 11.6. The molecule has 1 aliphatic rings. The molecule has 0 saturated carbocycles. The van der Waals surface area contributed by atoms with Gasteiger partial charge in [-0.25, -0.2) is 0 Å². The third-order valence-corrected chi connectivity index (χ3v) is 4.05. The van der Waals surface area contributed by atoms with Gasteiger partial charge in [0.15, 0.2) is 0 Å². The Hall–Kier alpha value is -0.820. The van der Waals surface area contributed by atoms with Crippen molar-refractivity contribution in [3.8, 4) is 0 Å². The monoisotopic (exact) mass is 217 g/mol. The van der Waals surface area contributed by atoms with Crippen molar-refractivity contribution in [2.24, 2.45) is 11.7 Å². The van der Waals surface area contributed by atoms with E-state index in [-0.39, 0.29) is 5.41 Å². The molecule has 2 N–H and O–H groups in total. The second-order valence-electron chi connectivity index (χ2n) is 5.57. The van der Waals surface area contributed by atoms with Crippen LogP contribution in [-0.4, -0.2) is 6.54 Å². The normalized spacial score (nSPS) is 23.8. The van der Waals surface area contributed by atoms with Crippen LogP contribution in [0.5, 0.6) is 0 Å². The van der Waals surface area contributed by atoms with Crippen molar-refractivity contribution in [3.05, 3.63) is 35.4 Å². The maximum Gasteiger partial charge on any atom is 0.00815 e. The summed E-state index contributed by atoms with van der Waals surface area (Å²) in [6.07, 6.45) is 4.99. The molecule has 1 atom stereocenters. The van der Waals surface area contributed by atoms with Gasteiger partial charge in [-0.1, -0.05) is 44.5 Å². The van der Waals surface area contributed by atoms with Crippen molar-refractivity contribution >= 4 is 0 Å². The summed E-state index contributed by atoms with van der Waals surface area (Å²) in [5.74, 6) is 0.774. The minimum absolute atomic E-state index is 0.279. The van der Waals surface area contributed by atoms with Crippen LogP contribution in [0, 0.1) is 5.92 Å². The maximum atomic E-state index is 6.07. The van der Waals surface area contributed by atoms with Crippen molar-refractivity contribution in [1.29, 1.82) is 0 Å². The van der Waals surface area contributed by atoms with Gasteiger partial charge in [-0.15, -0.1) is 0 Å². The highest BCUT2D eigenvalue weighted by Gasteiger charge is 2.36. The lowest BCUT2D eigenvalue weighted by molar-refractivity contribution is 0.361. The third kappa shape index (κ3) is 2.01. The van der Waals surface area contributed by atoms with Crippen LogP contribution in [0.2, 0.25) is 0 Å². The molecule has 1 heteroatoms. The Morgan fingerprint density at radius 2 is 2.06 bits per heavy atom. The first-order valence-electron chi connectivity index (χ1n) is 6.46. The summed E-state index contributed by atoms with van der Waals surface area (Å²) >= 11 is 0. The molecular formula is C15H23N. The molecule has 1 aromatic rings. The van der Waals surface area contributed by atoms with Crippen LogP contribution in [-0.2, 0) is 11.8 Å². The van der Waals surface area contributed by atoms with Gasteiger partial charge in [-0.3, -0.25) is 0 Å². The molecule has 0 saturated heterocycles. The SMILES string of the molecule is CC(C)CCC1(CN)CCc2ccccc21. The van der Waals surface area contributed by atoms with Gasteiger partial charge < -0.3 is 5.73 Å². The molecule has 16 heavy (non-hydrogen) atoms. The Morgan fingerprint density at radius 3 is 2.75 bits per heavy atom. The molecule has 1 unspecified atom stereocenters. The lowest BCUT2D eigenvalue weighted by atomic mass is 9.76. The second-order valence-corrected chi connectivity index (χ2v) is 5.57. The Balaban J connectivity index is 2.23. The summed E-state index contributed by atoms with van der Waals surface area (Å²) in [5.41, 5.74) is 9.40. The lowest BCUT2D eigenvalue weighted by Gasteiger charge is -2.29. The van der Waals surface area contributed by atoms with Gasteiger partial charge in [0.25, 0.3) is 0 Å². The Bertz CT molecular complexity index is 356. The van der Waals surface area contributed by atoms with Gasteiger partial charge in [-0.2, -0.15) is 0 Å². The smallest absolute Gasteiger partial charge is 0.00815 e. The molecule has 1 aliphatic carbocycles. The van der Waals surface area contributed by atoms with E-state index in [4.69, 9.17) is 5.73 Å². The summed E-state index contributed by atoms with van der Waals surface area (Å²) in [4.78, 5) is 0. The van der Waals surface area contributed by atoms with Crippen LogP contribution < -0.4 is 5.73 Å². The van der Waals surface area contributed by atoms with E-state index in [0.717, 1.165) is 12.5 Å². The highest BCUT2D eigenvalue weighted by Crippen LogP contribution is 2.42. The highest BCUT2D eigenvalue weighted by atomic mass is 14.6. The Kier molecular flexibility index (Phi) is 3.34. The first-order chi connectivity index (χ1) is 7.68. The van der Waals surface area contributed by atoms with E-state index < -0.39 is 0 Å². The van der Waals surface area contributed by atoms with Crippen molar-refractivity contribution in [3.63, 3.8) is 0 Å². The standard InChI is InChI=1S/C15H23N/c1-12(2)7-9-15(11-16)10-8-13-5-3-4-6-14(13)15/h3-6,12H,7-11,16H2,1-2H3. The van der Waals surface area contributed by atoms with Gasteiger partial charge in [0.05, 0.1) is 0 Å². The largest absolute Gasteiger partial charge is 0.330 e. The van der Waals surface area contributed by atoms with E-state index in [1.165, 1.54) is 36.8 Å². The first-order valence-corrected chi connectivity index (χ1v) is 6.46. The van der Waals surface area contributed by atoms with Crippen molar-refractivity contribution in [2.45, 2.75) is 44.9 Å². The summed E-state index contributed by atoms with van der Waals surface area (Å²) in [6.45, 7) is 5.40. The Labute approximate surface area is 99.0 Å². The van der Waals surface area contributed by atoms with E-state index in [1.807, 2.05) is 0 Å². The molecule has 0 aromatic heterocycles. The number of hydrogen-bond acceptors (Lipinski definition) is 1. The van der Waals surface area contributed by atoms with Crippen molar-refractivity contribution in [2.75, 3.05) is 6.54 Å². The summed E-state index contributed by atoms with van der Waals surface area (Å²) in [7, 11) is 0.